The van der Waals surface area contributed by atoms with Crippen molar-refractivity contribution >= 4 is 26.7 Å². The molecule has 0 aliphatic rings. The molecule has 0 aliphatic heterocycles. The Morgan fingerprint density at radius 3 is 2.11 bits per heavy atom. The largest absolute Gasteiger partial charge is 0.494 e. The highest BCUT2D eigenvalue weighted by atomic mass is 79.9. The number of hydrogen-bond donors (Lipinski definition) is 2. The van der Waals surface area contributed by atoms with Crippen molar-refractivity contribution in [1.29, 1.82) is 0 Å². The third-order valence-electron chi connectivity index (χ3n) is 2.88. The molecule has 4 heteroatoms. The van der Waals surface area contributed by atoms with Crippen LogP contribution in [0.2, 0.25) is 0 Å². The summed E-state index contributed by atoms with van der Waals surface area (Å²) in [5.41, 5.74) is 0.727. The van der Waals surface area contributed by atoms with Gasteiger partial charge in [0, 0.05) is 16.6 Å². The molecular weight excluding hydrogens is 294 g/mol. The van der Waals surface area contributed by atoms with E-state index in [1.54, 1.807) is 0 Å². The van der Waals surface area contributed by atoms with Crippen LogP contribution in [0, 0.1) is 0 Å². The fourth-order valence-corrected chi connectivity index (χ4v) is 2.40. The van der Waals surface area contributed by atoms with Gasteiger partial charge in [-0.1, -0.05) is 28.1 Å². The SMILES string of the molecule is Oc1ccc(O)n1-c1ccc2cc(Br)ccc2c1. The number of fused-ring (bicyclic) bond motifs is 1. The molecule has 0 bridgehead atoms. The predicted molar refractivity (Wildman–Crippen MR) is 74.3 cm³/mol. The van der Waals surface area contributed by atoms with Crippen LogP contribution in [0.15, 0.2) is 53.0 Å². The van der Waals surface area contributed by atoms with E-state index in [0.717, 1.165) is 20.9 Å². The first kappa shape index (κ1) is 11.2. The Labute approximate surface area is 112 Å². The molecule has 0 aliphatic carbocycles. The van der Waals surface area contributed by atoms with Crippen LogP contribution in [0.5, 0.6) is 11.8 Å². The average Bonchev–Trinajstić information content (AvgIpc) is 2.69. The molecule has 0 spiro atoms. The van der Waals surface area contributed by atoms with E-state index in [1.165, 1.54) is 16.7 Å². The first-order valence-electron chi connectivity index (χ1n) is 5.44. The van der Waals surface area contributed by atoms with Gasteiger partial charge in [0.2, 0.25) is 0 Å². The van der Waals surface area contributed by atoms with Crippen LogP contribution in [0.4, 0.5) is 0 Å². The minimum Gasteiger partial charge on any atom is -0.494 e. The molecular formula is C14H10BrNO2. The summed E-state index contributed by atoms with van der Waals surface area (Å²) < 4.78 is 2.41. The molecule has 0 radical (unpaired) electrons. The number of aromatic nitrogens is 1. The maximum Gasteiger partial charge on any atom is 0.198 e. The normalized spacial score (nSPS) is 10.9. The van der Waals surface area contributed by atoms with Crippen LogP contribution >= 0.6 is 15.9 Å². The summed E-state index contributed by atoms with van der Waals surface area (Å²) in [4.78, 5) is 0. The molecule has 2 N–H and O–H groups in total. The zero-order valence-electron chi connectivity index (χ0n) is 9.34. The van der Waals surface area contributed by atoms with E-state index in [0.29, 0.717) is 0 Å². The van der Waals surface area contributed by atoms with Crippen molar-refractivity contribution < 1.29 is 10.2 Å². The molecule has 0 saturated heterocycles. The topological polar surface area (TPSA) is 45.4 Å². The second-order valence-corrected chi connectivity index (χ2v) is 4.98. The molecule has 3 rings (SSSR count). The third kappa shape index (κ3) is 1.75. The van der Waals surface area contributed by atoms with Crippen molar-refractivity contribution in [2.24, 2.45) is 0 Å². The fourth-order valence-electron chi connectivity index (χ4n) is 2.02. The molecule has 0 unspecified atom stereocenters. The van der Waals surface area contributed by atoms with Crippen LogP contribution in [-0.2, 0) is 0 Å². The van der Waals surface area contributed by atoms with Crippen LogP contribution in [0.1, 0.15) is 0 Å². The maximum absolute atomic E-state index is 9.70. The second kappa shape index (κ2) is 4.07. The second-order valence-electron chi connectivity index (χ2n) is 4.06. The van der Waals surface area contributed by atoms with Gasteiger partial charge >= 0.3 is 0 Å². The molecule has 1 heterocycles. The summed E-state index contributed by atoms with van der Waals surface area (Å²) in [6, 6.07) is 14.6. The van der Waals surface area contributed by atoms with Crippen LogP contribution in [-0.4, -0.2) is 14.8 Å². The van der Waals surface area contributed by atoms with Gasteiger partial charge in [0.15, 0.2) is 11.8 Å². The molecule has 0 amide bonds. The van der Waals surface area contributed by atoms with Gasteiger partial charge in [-0.3, -0.25) is 4.57 Å². The molecule has 90 valence electrons. The van der Waals surface area contributed by atoms with Crippen molar-refractivity contribution in [1.82, 2.24) is 4.57 Å². The highest BCUT2D eigenvalue weighted by Crippen LogP contribution is 2.29. The van der Waals surface area contributed by atoms with Crippen molar-refractivity contribution in [3.63, 3.8) is 0 Å². The van der Waals surface area contributed by atoms with Gasteiger partial charge in [-0.2, -0.15) is 0 Å². The lowest BCUT2D eigenvalue weighted by atomic mass is 10.1. The summed E-state index contributed by atoms with van der Waals surface area (Å²) >= 11 is 3.43. The minimum absolute atomic E-state index is 0.0176. The molecule has 0 saturated carbocycles. The molecule has 2 aromatic carbocycles. The third-order valence-corrected chi connectivity index (χ3v) is 3.38. The van der Waals surface area contributed by atoms with E-state index in [2.05, 4.69) is 15.9 Å². The van der Waals surface area contributed by atoms with Crippen molar-refractivity contribution in [3.05, 3.63) is 53.0 Å². The molecule has 3 aromatic rings. The Balaban J connectivity index is 2.23. The zero-order chi connectivity index (χ0) is 12.7. The van der Waals surface area contributed by atoms with Gasteiger partial charge in [-0.05, 0) is 35.0 Å². The molecule has 18 heavy (non-hydrogen) atoms. The first-order valence-corrected chi connectivity index (χ1v) is 6.24. The van der Waals surface area contributed by atoms with E-state index in [4.69, 9.17) is 0 Å². The summed E-state index contributed by atoms with van der Waals surface area (Å²) in [7, 11) is 0. The van der Waals surface area contributed by atoms with Crippen molar-refractivity contribution in [2.75, 3.05) is 0 Å². The van der Waals surface area contributed by atoms with Gasteiger partial charge in [0.25, 0.3) is 0 Å². The molecule has 1 aromatic heterocycles. The maximum atomic E-state index is 9.70. The highest BCUT2D eigenvalue weighted by Gasteiger charge is 2.08. The lowest BCUT2D eigenvalue weighted by Gasteiger charge is -2.08. The number of benzene rings is 2. The summed E-state index contributed by atoms with van der Waals surface area (Å²) in [6.45, 7) is 0. The predicted octanol–water partition coefficient (Wildman–Crippen LogP) is 3.80. The van der Waals surface area contributed by atoms with E-state index >= 15 is 0 Å². The van der Waals surface area contributed by atoms with Crippen LogP contribution < -0.4 is 0 Å². The molecule has 3 nitrogen and oxygen atoms in total. The van der Waals surface area contributed by atoms with E-state index < -0.39 is 0 Å². The molecule has 0 atom stereocenters. The number of aromatic hydroxyl groups is 2. The van der Waals surface area contributed by atoms with Crippen molar-refractivity contribution in [2.45, 2.75) is 0 Å². The van der Waals surface area contributed by atoms with E-state index in [-0.39, 0.29) is 11.8 Å². The summed E-state index contributed by atoms with van der Waals surface area (Å²) in [5.74, 6) is 0.0351. The quantitative estimate of drug-likeness (QED) is 0.718. The van der Waals surface area contributed by atoms with Gasteiger partial charge in [0.05, 0.1) is 5.69 Å². The van der Waals surface area contributed by atoms with E-state index in [1.807, 2.05) is 36.4 Å². The fraction of sp³-hybridized carbons (Fsp3) is 0. The van der Waals surface area contributed by atoms with Gasteiger partial charge in [-0.25, -0.2) is 0 Å². The number of halogens is 1. The van der Waals surface area contributed by atoms with Gasteiger partial charge in [0.1, 0.15) is 0 Å². The van der Waals surface area contributed by atoms with Crippen LogP contribution in [0.3, 0.4) is 0 Å². The summed E-state index contributed by atoms with van der Waals surface area (Å²) in [6.07, 6.45) is 0. The Morgan fingerprint density at radius 2 is 1.39 bits per heavy atom. The number of rotatable bonds is 1. The van der Waals surface area contributed by atoms with Crippen LogP contribution in [0.25, 0.3) is 16.5 Å². The average molecular weight is 304 g/mol. The first-order chi connectivity index (χ1) is 8.65. The Hall–Kier alpha value is -1.94. The van der Waals surface area contributed by atoms with Crippen molar-refractivity contribution in [3.8, 4) is 17.4 Å². The Bertz CT molecular complexity index is 714. The number of nitrogens with zero attached hydrogens (tertiary/aromatic N) is 1. The minimum atomic E-state index is 0.0176. The van der Waals surface area contributed by atoms with Gasteiger partial charge in [-0.15, -0.1) is 0 Å². The van der Waals surface area contributed by atoms with Gasteiger partial charge < -0.3 is 10.2 Å². The lowest BCUT2D eigenvalue weighted by molar-refractivity contribution is 0.402. The highest BCUT2D eigenvalue weighted by molar-refractivity contribution is 9.10. The standard InChI is InChI=1S/C14H10BrNO2/c15-11-3-1-10-8-12(4-2-9(10)7-11)16-13(17)5-6-14(16)18/h1-8,17-18H. The Morgan fingerprint density at radius 1 is 0.778 bits per heavy atom. The number of hydrogen-bond acceptors (Lipinski definition) is 2. The lowest BCUT2D eigenvalue weighted by Crippen LogP contribution is -1.92. The summed E-state index contributed by atoms with van der Waals surface area (Å²) in [5, 5.41) is 21.5. The Kier molecular flexibility index (Phi) is 2.52. The zero-order valence-corrected chi connectivity index (χ0v) is 10.9. The smallest absolute Gasteiger partial charge is 0.198 e. The monoisotopic (exact) mass is 303 g/mol. The molecule has 0 fully saturated rings. The van der Waals surface area contributed by atoms with E-state index in [9.17, 15) is 10.2 Å².